The number of piperidine rings is 1. The van der Waals surface area contributed by atoms with Gasteiger partial charge in [-0.25, -0.2) is 0 Å². The van der Waals surface area contributed by atoms with Crippen molar-refractivity contribution < 1.29 is 9.59 Å². The number of carbonyl (C=O) groups is 2. The Balaban J connectivity index is 1.46. The van der Waals surface area contributed by atoms with E-state index in [1.165, 1.54) is 22.5 Å². The van der Waals surface area contributed by atoms with Crippen LogP contribution in [0.3, 0.4) is 0 Å². The summed E-state index contributed by atoms with van der Waals surface area (Å²) >= 11 is 1.48. The van der Waals surface area contributed by atoms with Crippen molar-refractivity contribution in [2.45, 2.75) is 39.2 Å². The number of rotatable bonds is 4. The van der Waals surface area contributed by atoms with Crippen LogP contribution in [-0.4, -0.2) is 34.4 Å². The van der Waals surface area contributed by atoms with Crippen LogP contribution in [0.5, 0.6) is 0 Å². The van der Waals surface area contributed by atoms with E-state index in [-0.39, 0.29) is 23.7 Å². The Bertz CT molecular complexity index is 893. The maximum atomic E-state index is 12.8. The maximum absolute atomic E-state index is 12.8. The van der Waals surface area contributed by atoms with Crippen LogP contribution in [0.25, 0.3) is 0 Å². The molecule has 1 saturated carbocycles. The number of thiazole rings is 1. The third-order valence-electron chi connectivity index (χ3n) is 5.35. The topological polar surface area (TPSA) is 54.7 Å². The first-order valence-electron chi connectivity index (χ1n) is 9.67. The summed E-state index contributed by atoms with van der Waals surface area (Å²) in [6.07, 6.45) is 5.69. The molecule has 2 amide bonds. The molecule has 1 atom stereocenters. The van der Waals surface area contributed by atoms with Gasteiger partial charge in [0, 0.05) is 37.1 Å². The Labute approximate surface area is 163 Å². The number of hydrogen-bond acceptors (Lipinski definition) is 3. The molecule has 2 fully saturated rings. The van der Waals surface area contributed by atoms with Crippen molar-refractivity contribution in [2.75, 3.05) is 13.1 Å². The highest BCUT2D eigenvalue weighted by Crippen LogP contribution is 2.32. The van der Waals surface area contributed by atoms with Crippen LogP contribution in [0.4, 0.5) is 0 Å². The molecule has 1 aromatic heterocycles. The van der Waals surface area contributed by atoms with Gasteiger partial charge in [0.25, 0.3) is 5.91 Å². The number of hydrogen-bond donors (Lipinski definition) is 0. The number of nitrogens with zero attached hydrogens (tertiary/aromatic N) is 3. The molecule has 0 radical (unpaired) electrons. The highest BCUT2D eigenvalue weighted by molar-refractivity contribution is 7.07. The second-order valence-electron chi connectivity index (χ2n) is 7.65. The molecule has 2 aromatic rings. The van der Waals surface area contributed by atoms with Crippen LogP contribution in [0.1, 0.15) is 36.8 Å². The van der Waals surface area contributed by atoms with Crippen molar-refractivity contribution in [1.82, 2.24) is 9.47 Å². The minimum atomic E-state index is -0.170. The summed E-state index contributed by atoms with van der Waals surface area (Å²) in [4.78, 5) is 32.1. The van der Waals surface area contributed by atoms with Crippen molar-refractivity contribution in [3.05, 3.63) is 51.8 Å². The standard InChI is InChI=1S/C21H25N3O2S/c1-15-4-6-16(7-5-15)13-24-11-12-27-21(24)22-19(25)18-3-2-10-23(14-18)20(26)17-8-9-17/h4-7,11-12,17-18H,2-3,8-10,13-14H2,1H3/t18-/m1/s1. The number of benzene rings is 1. The lowest BCUT2D eigenvalue weighted by Gasteiger charge is -2.31. The predicted molar refractivity (Wildman–Crippen MR) is 105 cm³/mol. The van der Waals surface area contributed by atoms with Crippen LogP contribution >= 0.6 is 11.3 Å². The van der Waals surface area contributed by atoms with Gasteiger partial charge >= 0.3 is 0 Å². The molecular formula is C21H25N3O2S. The summed E-state index contributed by atoms with van der Waals surface area (Å²) in [6, 6.07) is 8.40. The fourth-order valence-electron chi connectivity index (χ4n) is 3.55. The molecule has 5 nitrogen and oxygen atoms in total. The Morgan fingerprint density at radius 2 is 1.93 bits per heavy atom. The maximum Gasteiger partial charge on any atom is 0.253 e. The van der Waals surface area contributed by atoms with Gasteiger partial charge in [0.05, 0.1) is 5.92 Å². The Kier molecular flexibility index (Phi) is 5.25. The normalized spacial score (nSPS) is 20.7. The van der Waals surface area contributed by atoms with E-state index in [4.69, 9.17) is 0 Å². The third kappa shape index (κ3) is 4.38. The largest absolute Gasteiger partial charge is 0.342 e. The van der Waals surface area contributed by atoms with E-state index >= 15 is 0 Å². The third-order valence-corrected chi connectivity index (χ3v) is 6.14. The number of carbonyl (C=O) groups excluding carboxylic acids is 2. The number of aryl methyl sites for hydroxylation is 1. The number of likely N-dealkylation sites (tertiary alicyclic amines) is 1. The molecule has 1 aliphatic heterocycles. The second-order valence-corrected chi connectivity index (χ2v) is 8.52. The highest BCUT2D eigenvalue weighted by Gasteiger charge is 2.36. The van der Waals surface area contributed by atoms with Crippen LogP contribution in [-0.2, 0) is 16.1 Å². The molecule has 0 unspecified atom stereocenters. The van der Waals surface area contributed by atoms with Crippen LogP contribution < -0.4 is 4.80 Å². The molecule has 1 aliphatic carbocycles. The zero-order chi connectivity index (χ0) is 18.8. The van der Waals surface area contributed by atoms with E-state index in [2.05, 4.69) is 36.2 Å². The van der Waals surface area contributed by atoms with Gasteiger partial charge < -0.3 is 9.47 Å². The van der Waals surface area contributed by atoms with E-state index in [0.29, 0.717) is 13.1 Å². The van der Waals surface area contributed by atoms with Gasteiger partial charge in [-0.15, -0.1) is 11.3 Å². The number of amides is 2. The average Bonchev–Trinajstić information content (AvgIpc) is 3.45. The fraction of sp³-hybridized carbons (Fsp3) is 0.476. The van der Waals surface area contributed by atoms with Crippen molar-refractivity contribution in [3.63, 3.8) is 0 Å². The van der Waals surface area contributed by atoms with Gasteiger partial charge in [0.1, 0.15) is 0 Å². The molecule has 1 saturated heterocycles. The van der Waals surface area contributed by atoms with Crippen molar-refractivity contribution >= 4 is 23.2 Å². The van der Waals surface area contributed by atoms with Gasteiger partial charge in [-0.3, -0.25) is 9.59 Å². The Morgan fingerprint density at radius 3 is 2.67 bits per heavy atom. The van der Waals surface area contributed by atoms with Gasteiger partial charge in [-0.1, -0.05) is 29.8 Å². The summed E-state index contributed by atoms with van der Waals surface area (Å²) in [5.41, 5.74) is 2.42. The van der Waals surface area contributed by atoms with E-state index in [1.54, 1.807) is 0 Å². The summed E-state index contributed by atoms with van der Waals surface area (Å²) in [5.74, 6) is 0.183. The molecular weight excluding hydrogens is 358 g/mol. The van der Waals surface area contributed by atoms with Gasteiger partial charge in [-0.05, 0) is 38.2 Å². The molecule has 6 heteroatoms. The molecule has 0 bridgehead atoms. The first-order valence-corrected chi connectivity index (χ1v) is 10.5. The SMILES string of the molecule is Cc1ccc(Cn2ccsc2=NC(=O)[C@@H]2CCCN(C(=O)C3CC3)C2)cc1. The fourth-order valence-corrected chi connectivity index (χ4v) is 4.28. The first kappa shape index (κ1) is 18.2. The molecule has 2 heterocycles. The predicted octanol–water partition coefficient (Wildman–Crippen LogP) is 2.98. The molecule has 4 rings (SSSR count). The molecule has 2 aliphatic rings. The summed E-state index contributed by atoms with van der Waals surface area (Å²) in [7, 11) is 0. The monoisotopic (exact) mass is 383 g/mol. The van der Waals surface area contributed by atoms with Gasteiger partial charge in [0.2, 0.25) is 5.91 Å². The lowest BCUT2D eigenvalue weighted by atomic mass is 9.97. The Morgan fingerprint density at radius 1 is 1.15 bits per heavy atom. The zero-order valence-corrected chi connectivity index (χ0v) is 16.5. The molecule has 0 N–H and O–H groups in total. The lowest BCUT2D eigenvalue weighted by Crippen LogP contribution is -2.43. The van der Waals surface area contributed by atoms with E-state index in [1.807, 2.05) is 21.0 Å². The van der Waals surface area contributed by atoms with Crippen molar-refractivity contribution in [1.29, 1.82) is 0 Å². The van der Waals surface area contributed by atoms with Crippen LogP contribution in [0.2, 0.25) is 0 Å². The van der Waals surface area contributed by atoms with E-state index < -0.39 is 0 Å². The van der Waals surface area contributed by atoms with Crippen LogP contribution in [0, 0.1) is 18.8 Å². The molecule has 1 aromatic carbocycles. The van der Waals surface area contributed by atoms with Crippen molar-refractivity contribution in [2.24, 2.45) is 16.8 Å². The lowest BCUT2D eigenvalue weighted by molar-refractivity contribution is -0.136. The quantitative estimate of drug-likeness (QED) is 0.815. The average molecular weight is 384 g/mol. The summed E-state index contributed by atoms with van der Waals surface area (Å²) in [5, 5.41) is 1.96. The van der Waals surface area contributed by atoms with Gasteiger partial charge in [0.15, 0.2) is 4.80 Å². The Hall–Kier alpha value is -2.21. The minimum Gasteiger partial charge on any atom is -0.342 e. The van der Waals surface area contributed by atoms with E-state index in [0.717, 1.165) is 37.0 Å². The molecule has 142 valence electrons. The van der Waals surface area contributed by atoms with E-state index in [9.17, 15) is 9.59 Å². The summed E-state index contributed by atoms with van der Waals surface area (Å²) in [6.45, 7) is 4.09. The molecule has 0 spiro atoms. The second kappa shape index (κ2) is 7.80. The minimum absolute atomic E-state index is 0.0941. The number of aromatic nitrogens is 1. The first-order chi connectivity index (χ1) is 13.1. The van der Waals surface area contributed by atoms with Crippen molar-refractivity contribution in [3.8, 4) is 0 Å². The van der Waals surface area contributed by atoms with Crippen LogP contribution in [0.15, 0.2) is 40.8 Å². The molecule has 27 heavy (non-hydrogen) atoms. The zero-order valence-electron chi connectivity index (χ0n) is 15.6. The van der Waals surface area contributed by atoms with Gasteiger partial charge in [-0.2, -0.15) is 4.99 Å². The smallest absolute Gasteiger partial charge is 0.253 e. The summed E-state index contributed by atoms with van der Waals surface area (Å²) < 4.78 is 2.02. The highest BCUT2D eigenvalue weighted by atomic mass is 32.1.